The molecule has 1 amide bonds. The zero-order chi connectivity index (χ0) is 15.4. The first-order valence-electron chi connectivity index (χ1n) is 7.92. The molecule has 22 heavy (non-hydrogen) atoms. The van der Waals surface area contributed by atoms with Crippen molar-refractivity contribution in [2.75, 3.05) is 13.2 Å². The van der Waals surface area contributed by atoms with Crippen LogP contribution in [0.3, 0.4) is 0 Å². The van der Waals surface area contributed by atoms with Crippen molar-refractivity contribution in [2.24, 2.45) is 0 Å². The fraction of sp³-hybridized carbons (Fsp3) is 0.529. The average Bonchev–Trinajstić information content (AvgIpc) is 3.22. The van der Waals surface area contributed by atoms with Crippen molar-refractivity contribution in [3.8, 4) is 11.8 Å². The lowest BCUT2D eigenvalue weighted by Gasteiger charge is -2.23. The van der Waals surface area contributed by atoms with E-state index in [1.165, 1.54) is 0 Å². The first-order chi connectivity index (χ1) is 10.8. The smallest absolute Gasteiger partial charge is 0.240 e. The third-order valence-electron chi connectivity index (χ3n) is 4.42. The second-order valence-corrected chi connectivity index (χ2v) is 5.94. The third kappa shape index (κ3) is 3.23. The summed E-state index contributed by atoms with van der Waals surface area (Å²) in [6, 6.07) is 11.7. The number of para-hydroxylation sites is 1. The van der Waals surface area contributed by atoms with Gasteiger partial charge in [0.2, 0.25) is 5.91 Å². The quantitative estimate of drug-likeness (QED) is 0.919. The predicted octanol–water partition coefficient (Wildman–Crippen LogP) is 1.70. The van der Waals surface area contributed by atoms with Crippen LogP contribution in [-0.2, 0) is 4.79 Å². The van der Waals surface area contributed by atoms with E-state index in [1.807, 2.05) is 30.3 Å². The lowest BCUT2D eigenvalue weighted by molar-refractivity contribution is -0.133. The molecule has 0 bridgehead atoms. The predicted molar refractivity (Wildman–Crippen MR) is 82.2 cm³/mol. The monoisotopic (exact) mass is 299 g/mol. The average molecular weight is 299 g/mol. The molecule has 2 saturated heterocycles. The van der Waals surface area contributed by atoms with Gasteiger partial charge in [-0.15, -0.1) is 0 Å². The summed E-state index contributed by atoms with van der Waals surface area (Å²) >= 11 is 0. The Morgan fingerprint density at radius 2 is 2.14 bits per heavy atom. The molecule has 3 atom stereocenters. The van der Waals surface area contributed by atoms with Crippen molar-refractivity contribution in [3.05, 3.63) is 30.3 Å². The van der Waals surface area contributed by atoms with Gasteiger partial charge in [-0.05, 0) is 37.8 Å². The minimum atomic E-state index is -0.242. The highest BCUT2D eigenvalue weighted by molar-refractivity contribution is 5.83. The molecule has 0 saturated carbocycles. The van der Waals surface area contributed by atoms with Crippen molar-refractivity contribution in [1.82, 2.24) is 10.2 Å². The van der Waals surface area contributed by atoms with E-state index in [1.54, 1.807) is 4.90 Å². The standard InChI is InChI=1S/C17H21N3O2/c18-11-14-5-4-10-20(14)17(21)16-9-8-13(19-16)12-22-15-6-2-1-3-7-15/h1-3,6-7,13-14,16,19H,4-5,8-10,12H2. The number of ether oxygens (including phenoxy) is 1. The molecule has 116 valence electrons. The van der Waals surface area contributed by atoms with Gasteiger partial charge in [0.15, 0.2) is 0 Å². The van der Waals surface area contributed by atoms with Gasteiger partial charge in [0, 0.05) is 12.6 Å². The molecular formula is C17H21N3O2. The minimum Gasteiger partial charge on any atom is -0.492 e. The number of carbonyl (C=O) groups is 1. The molecule has 0 spiro atoms. The van der Waals surface area contributed by atoms with Gasteiger partial charge in [0.05, 0.1) is 12.1 Å². The Kier molecular flexibility index (Phi) is 4.59. The zero-order valence-electron chi connectivity index (χ0n) is 12.6. The molecule has 0 radical (unpaired) electrons. The van der Waals surface area contributed by atoms with Crippen molar-refractivity contribution >= 4 is 5.91 Å². The molecule has 0 aliphatic carbocycles. The van der Waals surface area contributed by atoms with E-state index in [0.717, 1.165) is 31.4 Å². The van der Waals surface area contributed by atoms with E-state index in [4.69, 9.17) is 10.00 Å². The molecule has 2 fully saturated rings. The molecule has 2 aliphatic heterocycles. The van der Waals surface area contributed by atoms with Crippen LogP contribution in [0.5, 0.6) is 5.75 Å². The van der Waals surface area contributed by atoms with Crippen molar-refractivity contribution in [1.29, 1.82) is 5.26 Å². The number of benzene rings is 1. The van der Waals surface area contributed by atoms with Crippen molar-refractivity contribution in [3.63, 3.8) is 0 Å². The summed E-state index contributed by atoms with van der Waals surface area (Å²) in [5.41, 5.74) is 0. The molecule has 3 unspecified atom stereocenters. The molecule has 5 heteroatoms. The van der Waals surface area contributed by atoms with Gasteiger partial charge in [-0.3, -0.25) is 10.1 Å². The van der Waals surface area contributed by atoms with E-state index in [9.17, 15) is 4.79 Å². The summed E-state index contributed by atoms with van der Waals surface area (Å²) in [5, 5.41) is 12.5. The maximum absolute atomic E-state index is 12.5. The summed E-state index contributed by atoms with van der Waals surface area (Å²) < 4.78 is 5.75. The maximum atomic E-state index is 12.5. The van der Waals surface area contributed by atoms with Crippen molar-refractivity contribution in [2.45, 2.75) is 43.8 Å². The Labute approximate surface area is 130 Å². The number of hydrogen-bond acceptors (Lipinski definition) is 4. The molecule has 1 aromatic rings. The largest absolute Gasteiger partial charge is 0.492 e. The fourth-order valence-corrected chi connectivity index (χ4v) is 3.22. The van der Waals surface area contributed by atoms with Crippen LogP contribution in [0.2, 0.25) is 0 Å². The molecule has 1 aromatic carbocycles. The van der Waals surface area contributed by atoms with Gasteiger partial charge in [0.25, 0.3) is 0 Å². The van der Waals surface area contributed by atoms with E-state index < -0.39 is 0 Å². The van der Waals surface area contributed by atoms with E-state index in [0.29, 0.717) is 13.2 Å². The Morgan fingerprint density at radius 1 is 1.32 bits per heavy atom. The number of nitrogens with zero attached hydrogens (tertiary/aromatic N) is 2. The number of hydrogen-bond donors (Lipinski definition) is 1. The van der Waals surface area contributed by atoms with Crippen molar-refractivity contribution < 1.29 is 9.53 Å². The number of carbonyl (C=O) groups excluding carboxylic acids is 1. The van der Waals surface area contributed by atoms with Gasteiger partial charge in [0.1, 0.15) is 18.4 Å². The maximum Gasteiger partial charge on any atom is 0.240 e. The molecule has 0 aromatic heterocycles. The molecule has 2 heterocycles. The number of amides is 1. The Morgan fingerprint density at radius 3 is 2.91 bits per heavy atom. The van der Waals surface area contributed by atoms with Crippen LogP contribution in [0.25, 0.3) is 0 Å². The molecule has 5 nitrogen and oxygen atoms in total. The minimum absolute atomic E-state index is 0.0752. The number of rotatable bonds is 4. The van der Waals surface area contributed by atoms with Crippen LogP contribution in [0.4, 0.5) is 0 Å². The fourth-order valence-electron chi connectivity index (χ4n) is 3.22. The van der Waals surface area contributed by atoms with Gasteiger partial charge in [-0.2, -0.15) is 5.26 Å². The highest BCUT2D eigenvalue weighted by atomic mass is 16.5. The van der Waals surface area contributed by atoms with Gasteiger partial charge in [-0.25, -0.2) is 0 Å². The van der Waals surface area contributed by atoms with E-state index in [-0.39, 0.29) is 24.0 Å². The van der Waals surface area contributed by atoms with Crippen LogP contribution in [-0.4, -0.2) is 42.1 Å². The molecule has 1 N–H and O–H groups in total. The third-order valence-corrected chi connectivity index (χ3v) is 4.42. The second kappa shape index (κ2) is 6.80. The van der Waals surface area contributed by atoms with E-state index >= 15 is 0 Å². The summed E-state index contributed by atoms with van der Waals surface area (Å²) in [5.74, 6) is 0.925. The highest BCUT2D eigenvalue weighted by Crippen LogP contribution is 2.22. The normalized spacial score (nSPS) is 27.6. The SMILES string of the molecule is N#CC1CCCN1C(=O)C1CCC(COc2ccccc2)N1. The Balaban J connectivity index is 1.50. The Hall–Kier alpha value is -2.06. The van der Waals surface area contributed by atoms with Crippen LogP contribution in [0.15, 0.2) is 30.3 Å². The summed E-state index contributed by atoms with van der Waals surface area (Å²) in [6.45, 7) is 1.27. The number of likely N-dealkylation sites (tertiary alicyclic amines) is 1. The lowest BCUT2D eigenvalue weighted by atomic mass is 10.1. The van der Waals surface area contributed by atoms with Crippen LogP contribution in [0.1, 0.15) is 25.7 Å². The van der Waals surface area contributed by atoms with E-state index in [2.05, 4.69) is 11.4 Å². The first kappa shape index (κ1) is 14.9. The number of nitrogens with one attached hydrogen (secondary N) is 1. The van der Waals surface area contributed by atoms with Crippen LogP contribution in [0, 0.1) is 11.3 Å². The first-order valence-corrected chi connectivity index (χ1v) is 7.92. The topological polar surface area (TPSA) is 65.4 Å². The zero-order valence-corrected chi connectivity index (χ0v) is 12.6. The van der Waals surface area contributed by atoms with Crippen LogP contribution < -0.4 is 10.1 Å². The molecule has 2 aliphatic rings. The van der Waals surface area contributed by atoms with Gasteiger partial charge >= 0.3 is 0 Å². The summed E-state index contributed by atoms with van der Waals surface area (Å²) in [7, 11) is 0. The lowest BCUT2D eigenvalue weighted by Crippen LogP contribution is -2.47. The summed E-state index contributed by atoms with van der Waals surface area (Å²) in [6.07, 6.45) is 3.47. The molecular weight excluding hydrogens is 278 g/mol. The van der Waals surface area contributed by atoms with Gasteiger partial charge in [-0.1, -0.05) is 18.2 Å². The highest BCUT2D eigenvalue weighted by Gasteiger charge is 2.36. The number of nitriles is 1. The summed E-state index contributed by atoms with van der Waals surface area (Å²) in [4.78, 5) is 14.2. The molecule has 3 rings (SSSR count). The second-order valence-electron chi connectivity index (χ2n) is 5.94. The Bertz CT molecular complexity index is 555. The van der Waals surface area contributed by atoms with Gasteiger partial charge < -0.3 is 9.64 Å². The van der Waals surface area contributed by atoms with Crippen LogP contribution >= 0.6 is 0 Å².